The molecule has 0 saturated heterocycles. The third-order valence-electron chi connectivity index (χ3n) is 3.15. The van der Waals surface area contributed by atoms with Gasteiger partial charge in [-0.05, 0) is 42.1 Å². The summed E-state index contributed by atoms with van der Waals surface area (Å²) in [5.74, 6) is 0.766. The predicted octanol–water partition coefficient (Wildman–Crippen LogP) is 4.77. The molecule has 2 aromatic carbocycles. The summed E-state index contributed by atoms with van der Waals surface area (Å²) in [7, 11) is 3.49. The molecule has 0 fully saturated rings. The van der Waals surface area contributed by atoms with Gasteiger partial charge in [-0.3, -0.25) is 4.79 Å². The van der Waals surface area contributed by atoms with Crippen LogP contribution in [-0.4, -0.2) is 34.2 Å². The van der Waals surface area contributed by atoms with E-state index < -0.39 is 0 Å². The molecule has 0 aliphatic carbocycles. The van der Waals surface area contributed by atoms with Gasteiger partial charge in [-0.25, -0.2) is 4.98 Å². The smallest absolute Gasteiger partial charge is 0.285 e. The Hall–Kier alpha value is -1.79. The number of imidazole rings is 1. The van der Waals surface area contributed by atoms with Crippen molar-refractivity contribution in [2.45, 2.75) is 4.90 Å². The second-order valence-corrected chi connectivity index (χ2v) is 6.91. The van der Waals surface area contributed by atoms with Gasteiger partial charge in [0.25, 0.3) is 5.24 Å². The van der Waals surface area contributed by atoms with Crippen LogP contribution in [-0.2, 0) is 0 Å². The van der Waals surface area contributed by atoms with E-state index in [9.17, 15) is 4.79 Å². The highest BCUT2D eigenvalue weighted by molar-refractivity contribution is 9.10. The number of carbonyl (C=O) groups excluding carboxylic acids is 1. The number of carbonyl (C=O) groups is 1. The molecular weight excluding hydrogens is 362 g/mol. The number of halogens is 1. The van der Waals surface area contributed by atoms with Crippen LogP contribution in [0, 0.1) is 0 Å². The van der Waals surface area contributed by atoms with Crippen LogP contribution in [0.4, 0.5) is 4.79 Å². The zero-order valence-electron chi connectivity index (χ0n) is 12.1. The number of nitrogens with one attached hydrogen (secondary N) is 1. The fourth-order valence-electron chi connectivity index (χ4n) is 2.04. The molecule has 6 heteroatoms. The van der Waals surface area contributed by atoms with Crippen molar-refractivity contribution in [3.63, 3.8) is 0 Å². The summed E-state index contributed by atoms with van der Waals surface area (Å²) in [6.45, 7) is 0. The number of hydrogen-bond acceptors (Lipinski definition) is 3. The molecule has 3 rings (SSSR count). The standard InChI is InChI=1S/C16H14BrN3OS/c1-20(2)16(21)22-14-9-10(17)7-8-11(14)15-18-12-5-3-4-6-13(12)19-15/h3-9H,1-2H3,(H,18,19). The lowest BCUT2D eigenvalue weighted by Gasteiger charge is -2.11. The van der Waals surface area contributed by atoms with Gasteiger partial charge < -0.3 is 9.88 Å². The zero-order valence-corrected chi connectivity index (χ0v) is 14.5. The van der Waals surface area contributed by atoms with E-state index in [-0.39, 0.29) is 5.24 Å². The first kappa shape index (κ1) is 15.1. The van der Waals surface area contributed by atoms with E-state index >= 15 is 0 Å². The van der Waals surface area contributed by atoms with Crippen LogP contribution in [0.15, 0.2) is 51.8 Å². The maximum absolute atomic E-state index is 12.0. The quantitative estimate of drug-likeness (QED) is 0.656. The van der Waals surface area contributed by atoms with Gasteiger partial charge in [-0.1, -0.05) is 28.1 Å². The fraction of sp³-hybridized carbons (Fsp3) is 0.125. The molecule has 0 saturated carbocycles. The van der Waals surface area contributed by atoms with Crippen LogP contribution in [0.25, 0.3) is 22.4 Å². The van der Waals surface area contributed by atoms with E-state index in [0.717, 1.165) is 31.8 Å². The summed E-state index contributed by atoms with van der Waals surface area (Å²) < 4.78 is 0.932. The van der Waals surface area contributed by atoms with E-state index in [1.807, 2.05) is 42.5 Å². The van der Waals surface area contributed by atoms with E-state index in [1.54, 1.807) is 19.0 Å². The Morgan fingerprint density at radius 3 is 2.73 bits per heavy atom. The number of H-pyrrole nitrogens is 1. The van der Waals surface area contributed by atoms with Crippen molar-refractivity contribution in [3.8, 4) is 11.4 Å². The Morgan fingerprint density at radius 2 is 2.00 bits per heavy atom. The van der Waals surface area contributed by atoms with Crippen LogP contribution >= 0.6 is 27.7 Å². The highest BCUT2D eigenvalue weighted by Crippen LogP contribution is 2.34. The Balaban J connectivity index is 2.07. The third-order valence-corrected chi connectivity index (χ3v) is 4.74. The predicted molar refractivity (Wildman–Crippen MR) is 94.2 cm³/mol. The molecule has 0 unspecified atom stereocenters. The molecule has 0 aliphatic heterocycles. The maximum Gasteiger partial charge on any atom is 0.285 e. The van der Waals surface area contributed by atoms with E-state index in [2.05, 4.69) is 25.9 Å². The molecule has 112 valence electrons. The Morgan fingerprint density at radius 1 is 1.23 bits per heavy atom. The average Bonchev–Trinajstić information content (AvgIpc) is 2.90. The molecular formula is C16H14BrN3OS. The SMILES string of the molecule is CN(C)C(=O)Sc1cc(Br)ccc1-c1nc2ccccc2[nH]1. The largest absolute Gasteiger partial charge is 0.339 e. The summed E-state index contributed by atoms with van der Waals surface area (Å²) >= 11 is 4.66. The lowest BCUT2D eigenvalue weighted by Crippen LogP contribution is -2.16. The molecule has 0 spiro atoms. The molecule has 0 atom stereocenters. The number of benzene rings is 2. The second kappa shape index (κ2) is 6.14. The summed E-state index contributed by atoms with van der Waals surface area (Å²) in [4.78, 5) is 22.4. The number of rotatable bonds is 2. The van der Waals surface area contributed by atoms with E-state index in [4.69, 9.17) is 0 Å². The minimum absolute atomic E-state index is 0.0181. The van der Waals surface area contributed by atoms with Gasteiger partial charge in [0.2, 0.25) is 0 Å². The molecule has 1 aromatic heterocycles. The van der Waals surface area contributed by atoms with Crippen LogP contribution in [0.2, 0.25) is 0 Å². The van der Waals surface area contributed by atoms with Gasteiger partial charge >= 0.3 is 0 Å². The van der Waals surface area contributed by atoms with E-state index in [1.165, 1.54) is 11.8 Å². The molecule has 1 heterocycles. The normalized spacial score (nSPS) is 10.9. The average molecular weight is 376 g/mol. The number of fused-ring (bicyclic) bond motifs is 1. The first-order valence-corrected chi connectivity index (χ1v) is 8.29. The second-order valence-electron chi connectivity index (χ2n) is 5.01. The monoisotopic (exact) mass is 375 g/mol. The number of hydrogen-bond donors (Lipinski definition) is 1. The zero-order chi connectivity index (χ0) is 15.7. The number of amides is 1. The number of aromatic nitrogens is 2. The minimum atomic E-state index is -0.0181. The summed E-state index contributed by atoms with van der Waals surface area (Å²) in [6, 6.07) is 13.7. The van der Waals surface area contributed by atoms with Crippen molar-refractivity contribution < 1.29 is 4.79 Å². The maximum atomic E-state index is 12.0. The lowest BCUT2D eigenvalue weighted by atomic mass is 10.2. The molecule has 1 N–H and O–H groups in total. The van der Waals surface area contributed by atoms with Gasteiger partial charge in [-0.2, -0.15) is 0 Å². The topological polar surface area (TPSA) is 49.0 Å². The Bertz CT molecular complexity index is 811. The molecule has 4 nitrogen and oxygen atoms in total. The Kier molecular flexibility index (Phi) is 4.22. The van der Waals surface area contributed by atoms with Gasteiger partial charge in [-0.15, -0.1) is 0 Å². The first-order chi connectivity index (χ1) is 10.5. The van der Waals surface area contributed by atoms with Crippen molar-refractivity contribution in [1.82, 2.24) is 14.9 Å². The number of aromatic amines is 1. The molecule has 0 bridgehead atoms. The van der Waals surface area contributed by atoms with Crippen LogP contribution in [0.3, 0.4) is 0 Å². The van der Waals surface area contributed by atoms with Crippen LogP contribution < -0.4 is 0 Å². The Labute approximate surface area is 141 Å². The lowest BCUT2D eigenvalue weighted by molar-refractivity contribution is 0.241. The van der Waals surface area contributed by atoms with Crippen molar-refractivity contribution in [1.29, 1.82) is 0 Å². The van der Waals surface area contributed by atoms with Gasteiger partial charge in [0.05, 0.1) is 11.0 Å². The summed E-state index contributed by atoms with van der Waals surface area (Å²) in [6.07, 6.45) is 0. The van der Waals surface area contributed by atoms with Crippen LogP contribution in [0.5, 0.6) is 0 Å². The highest BCUT2D eigenvalue weighted by Gasteiger charge is 2.15. The van der Waals surface area contributed by atoms with Crippen molar-refractivity contribution in [2.24, 2.45) is 0 Å². The van der Waals surface area contributed by atoms with Crippen LogP contribution in [0.1, 0.15) is 0 Å². The first-order valence-electron chi connectivity index (χ1n) is 6.68. The number of nitrogens with zero attached hydrogens (tertiary/aromatic N) is 2. The van der Waals surface area contributed by atoms with Gasteiger partial charge in [0, 0.05) is 29.0 Å². The molecule has 1 amide bonds. The van der Waals surface area contributed by atoms with Crippen molar-refractivity contribution in [2.75, 3.05) is 14.1 Å². The van der Waals surface area contributed by atoms with E-state index in [0.29, 0.717) is 0 Å². The highest BCUT2D eigenvalue weighted by atomic mass is 79.9. The molecule has 3 aromatic rings. The molecule has 22 heavy (non-hydrogen) atoms. The summed E-state index contributed by atoms with van der Waals surface area (Å²) in [5.41, 5.74) is 2.81. The van der Waals surface area contributed by atoms with Crippen molar-refractivity contribution in [3.05, 3.63) is 46.9 Å². The molecule has 0 radical (unpaired) electrons. The van der Waals surface area contributed by atoms with Crippen molar-refractivity contribution >= 4 is 44.0 Å². The van der Waals surface area contributed by atoms with Gasteiger partial charge in [0.15, 0.2) is 0 Å². The third kappa shape index (κ3) is 3.03. The molecule has 0 aliphatic rings. The summed E-state index contributed by atoms with van der Waals surface area (Å²) in [5, 5.41) is -0.0181. The number of thioether (sulfide) groups is 1. The fourth-order valence-corrected chi connectivity index (χ4v) is 3.39. The van der Waals surface area contributed by atoms with Gasteiger partial charge in [0.1, 0.15) is 5.82 Å². The number of para-hydroxylation sites is 2. The minimum Gasteiger partial charge on any atom is -0.339 e.